The molecule has 2 rings (SSSR count). The zero-order chi connectivity index (χ0) is 14.9. The molecule has 2 aromatic rings. The smallest absolute Gasteiger partial charge is 0.381 e. The Labute approximate surface area is 123 Å². The van der Waals surface area contributed by atoms with Gasteiger partial charge in [0.2, 0.25) is 0 Å². The lowest BCUT2D eigenvalue weighted by molar-refractivity contribution is -0.142. The van der Waals surface area contributed by atoms with E-state index >= 15 is 0 Å². The van der Waals surface area contributed by atoms with Crippen LogP contribution in [0.5, 0.6) is 0 Å². The molecule has 0 radical (unpaired) electrons. The summed E-state index contributed by atoms with van der Waals surface area (Å²) in [4.78, 5) is 0. The Bertz CT molecular complexity index is 606. The number of alkyl halides is 3. The van der Waals surface area contributed by atoms with Crippen molar-refractivity contribution < 1.29 is 13.2 Å². The van der Waals surface area contributed by atoms with Crippen LogP contribution in [0.15, 0.2) is 24.3 Å². The van der Waals surface area contributed by atoms with E-state index in [0.29, 0.717) is 10.7 Å². The summed E-state index contributed by atoms with van der Waals surface area (Å²) in [5.74, 6) is 0. The first-order valence-electron chi connectivity index (χ1n) is 5.57. The fraction of sp³-hybridized carbons (Fsp3) is 0.250. The van der Waals surface area contributed by atoms with Crippen molar-refractivity contribution in [3.05, 3.63) is 45.7 Å². The molecule has 0 spiro atoms. The molecular formula is C12H10Cl2F3N3. The van der Waals surface area contributed by atoms with Gasteiger partial charge in [-0.1, -0.05) is 23.2 Å². The lowest BCUT2D eigenvalue weighted by Crippen LogP contribution is -2.11. The van der Waals surface area contributed by atoms with Crippen molar-refractivity contribution in [1.82, 2.24) is 9.78 Å². The number of hydrogen-bond donors (Lipinski definition) is 1. The van der Waals surface area contributed by atoms with Crippen LogP contribution in [0.4, 0.5) is 18.9 Å². The van der Waals surface area contributed by atoms with Crippen molar-refractivity contribution in [2.75, 3.05) is 5.32 Å². The number of aryl methyl sites for hydroxylation is 1. The number of aromatic nitrogens is 2. The normalized spacial score (nSPS) is 11.7. The van der Waals surface area contributed by atoms with Crippen LogP contribution in [0.2, 0.25) is 10.2 Å². The van der Waals surface area contributed by atoms with E-state index in [0.717, 1.165) is 4.68 Å². The van der Waals surface area contributed by atoms with E-state index < -0.39 is 11.9 Å². The second kappa shape index (κ2) is 5.54. The van der Waals surface area contributed by atoms with Crippen LogP contribution in [0.25, 0.3) is 0 Å². The largest absolute Gasteiger partial charge is 0.435 e. The monoisotopic (exact) mass is 323 g/mol. The van der Waals surface area contributed by atoms with E-state index in [9.17, 15) is 13.2 Å². The van der Waals surface area contributed by atoms with Crippen LogP contribution >= 0.6 is 23.2 Å². The minimum Gasteiger partial charge on any atom is -0.381 e. The molecule has 0 atom stereocenters. The molecule has 3 nitrogen and oxygen atoms in total. The third kappa shape index (κ3) is 3.19. The molecule has 0 bridgehead atoms. The van der Waals surface area contributed by atoms with Crippen LogP contribution in [0, 0.1) is 0 Å². The highest BCUT2D eigenvalue weighted by Crippen LogP contribution is 2.34. The van der Waals surface area contributed by atoms with Crippen molar-refractivity contribution in [3.63, 3.8) is 0 Å². The van der Waals surface area contributed by atoms with E-state index in [-0.39, 0.29) is 17.3 Å². The fourth-order valence-corrected chi connectivity index (χ4v) is 2.01. The van der Waals surface area contributed by atoms with Gasteiger partial charge in [-0.15, -0.1) is 0 Å². The van der Waals surface area contributed by atoms with Crippen molar-refractivity contribution in [2.24, 2.45) is 7.05 Å². The lowest BCUT2D eigenvalue weighted by atomic mass is 10.2. The molecule has 0 fully saturated rings. The summed E-state index contributed by atoms with van der Waals surface area (Å²) >= 11 is 11.6. The van der Waals surface area contributed by atoms with Crippen molar-refractivity contribution in [3.8, 4) is 0 Å². The molecule has 1 N–H and O–H groups in total. The minimum absolute atomic E-state index is 0.0428. The molecule has 0 unspecified atom stereocenters. The molecule has 1 heterocycles. The number of nitrogens with one attached hydrogen (secondary N) is 1. The quantitative estimate of drug-likeness (QED) is 0.909. The van der Waals surface area contributed by atoms with Gasteiger partial charge in [0.15, 0.2) is 5.69 Å². The number of anilines is 1. The Morgan fingerprint density at radius 2 is 1.80 bits per heavy atom. The van der Waals surface area contributed by atoms with Gasteiger partial charge in [0, 0.05) is 29.9 Å². The summed E-state index contributed by atoms with van der Waals surface area (Å²) < 4.78 is 39.5. The molecule has 0 aliphatic rings. The Balaban J connectivity index is 2.23. The summed E-state index contributed by atoms with van der Waals surface area (Å²) in [5.41, 5.74) is -0.425. The molecule has 0 amide bonds. The lowest BCUT2D eigenvalue weighted by Gasteiger charge is -2.09. The van der Waals surface area contributed by atoms with Crippen LogP contribution in [0.3, 0.4) is 0 Å². The highest BCUT2D eigenvalue weighted by Gasteiger charge is 2.38. The Hall–Kier alpha value is -1.40. The minimum atomic E-state index is -4.54. The van der Waals surface area contributed by atoms with Gasteiger partial charge >= 0.3 is 6.18 Å². The van der Waals surface area contributed by atoms with E-state index in [1.165, 1.54) is 7.05 Å². The average molecular weight is 324 g/mol. The summed E-state index contributed by atoms with van der Waals surface area (Å²) in [6.07, 6.45) is -4.54. The molecular weight excluding hydrogens is 314 g/mol. The molecule has 108 valence electrons. The zero-order valence-electron chi connectivity index (χ0n) is 10.3. The predicted octanol–water partition coefficient (Wildman–Crippen LogP) is 4.36. The first-order valence-corrected chi connectivity index (χ1v) is 6.32. The number of rotatable bonds is 3. The van der Waals surface area contributed by atoms with Crippen molar-refractivity contribution in [1.29, 1.82) is 0 Å². The molecule has 20 heavy (non-hydrogen) atoms. The van der Waals surface area contributed by atoms with E-state index in [2.05, 4.69) is 10.4 Å². The molecule has 8 heteroatoms. The van der Waals surface area contributed by atoms with Gasteiger partial charge < -0.3 is 5.32 Å². The standard InChI is InChI=1S/C12H10Cl2F3N3/c1-20-11(14)9(10(19-20)12(15,16)17)6-18-8-4-2-7(13)3-5-8/h2-5,18H,6H2,1H3. The number of nitrogens with zero attached hydrogens (tertiary/aromatic N) is 2. The van der Waals surface area contributed by atoms with Gasteiger partial charge in [-0.25, -0.2) is 0 Å². The topological polar surface area (TPSA) is 29.9 Å². The maximum absolute atomic E-state index is 12.8. The van der Waals surface area contributed by atoms with Gasteiger partial charge in [0.05, 0.1) is 0 Å². The van der Waals surface area contributed by atoms with Crippen LogP contribution in [-0.2, 0) is 19.8 Å². The highest BCUT2D eigenvalue weighted by atomic mass is 35.5. The Morgan fingerprint density at radius 1 is 1.20 bits per heavy atom. The number of hydrogen-bond acceptors (Lipinski definition) is 2. The second-order valence-corrected chi connectivity index (χ2v) is 4.89. The van der Waals surface area contributed by atoms with Gasteiger partial charge in [-0.3, -0.25) is 4.68 Å². The fourth-order valence-electron chi connectivity index (χ4n) is 1.69. The Kier molecular flexibility index (Phi) is 4.15. The van der Waals surface area contributed by atoms with E-state index in [4.69, 9.17) is 23.2 Å². The molecule has 1 aromatic heterocycles. The predicted molar refractivity (Wildman–Crippen MR) is 72.0 cm³/mol. The summed E-state index contributed by atoms with van der Waals surface area (Å²) in [7, 11) is 1.36. The van der Waals surface area contributed by atoms with Crippen LogP contribution < -0.4 is 5.32 Å². The van der Waals surface area contributed by atoms with E-state index in [1.54, 1.807) is 24.3 Å². The van der Waals surface area contributed by atoms with Crippen LogP contribution in [-0.4, -0.2) is 9.78 Å². The molecule has 1 aromatic carbocycles. The number of benzene rings is 1. The molecule has 0 saturated heterocycles. The van der Waals surface area contributed by atoms with E-state index in [1.807, 2.05) is 0 Å². The van der Waals surface area contributed by atoms with Gasteiger partial charge in [0.1, 0.15) is 5.15 Å². The van der Waals surface area contributed by atoms with Crippen molar-refractivity contribution >= 4 is 28.9 Å². The summed E-state index contributed by atoms with van der Waals surface area (Å²) in [5, 5.41) is 6.77. The summed E-state index contributed by atoms with van der Waals surface area (Å²) in [6, 6.07) is 6.61. The maximum atomic E-state index is 12.8. The zero-order valence-corrected chi connectivity index (χ0v) is 11.8. The third-order valence-corrected chi connectivity index (χ3v) is 3.38. The summed E-state index contributed by atoms with van der Waals surface area (Å²) in [6.45, 7) is -0.0802. The molecule has 0 aliphatic carbocycles. The SMILES string of the molecule is Cn1nc(C(F)(F)F)c(CNc2ccc(Cl)cc2)c1Cl. The van der Waals surface area contributed by atoms with Gasteiger partial charge in [-0.2, -0.15) is 18.3 Å². The molecule has 0 aliphatic heterocycles. The first-order chi connectivity index (χ1) is 9.29. The Morgan fingerprint density at radius 3 is 2.35 bits per heavy atom. The first kappa shape index (κ1) is 15.0. The highest BCUT2D eigenvalue weighted by molar-refractivity contribution is 6.30. The second-order valence-electron chi connectivity index (χ2n) is 4.10. The third-order valence-electron chi connectivity index (χ3n) is 2.65. The van der Waals surface area contributed by atoms with Gasteiger partial charge in [0.25, 0.3) is 0 Å². The average Bonchev–Trinajstić information content (AvgIpc) is 2.65. The van der Waals surface area contributed by atoms with Crippen LogP contribution in [0.1, 0.15) is 11.3 Å². The van der Waals surface area contributed by atoms with Crippen molar-refractivity contribution in [2.45, 2.75) is 12.7 Å². The maximum Gasteiger partial charge on any atom is 0.435 e. The number of halogens is 5. The van der Waals surface area contributed by atoms with Gasteiger partial charge in [-0.05, 0) is 24.3 Å². The molecule has 0 saturated carbocycles.